The van der Waals surface area contributed by atoms with Crippen LogP contribution in [0.5, 0.6) is 0 Å². The second kappa shape index (κ2) is 14.3. The molecule has 65 heavy (non-hydrogen) atoms. The lowest BCUT2D eigenvalue weighted by Gasteiger charge is -2.32. The van der Waals surface area contributed by atoms with Gasteiger partial charge in [0, 0.05) is 22.5 Å². The van der Waals surface area contributed by atoms with Crippen molar-refractivity contribution in [2.24, 2.45) is 0 Å². The number of para-hydroxylation sites is 1. The fraction of sp³-hybridized carbons (Fsp3) is 0.0625. The largest absolute Gasteiger partial charge is 0.310 e. The van der Waals surface area contributed by atoms with Gasteiger partial charge in [0.15, 0.2) is 0 Å². The number of rotatable bonds is 6. The third-order valence-corrected chi connectivity index (χ3v) is 14.7. The standard InChI is InChI=1S/C64H45N/c1-63(2)57-40-49(65(47-22-10-5-11-23-47)48-36-34-45(35-37-48)44-32-30-43(31-33-44)42-18-6-3-7-19-42)38-39-53(57)61-58(63)41-59-62(60(61)46-20-8-4-9-21-46)52-26-14-17-29-56(52)64(59)54-27-15-12-24-50(54)51-25-13-16-28-55(51)64/h3-41H,1-2H3. The first kappa shape index (κ1) is 37.5. The SMILES string of the molecule is CC1(C)c2cc(N(c3ccccc3)c3ccc(-c4ccc(-c5ccccc5)cc4)cc3)ccc2-c2c1cc1c(c2-c2ccccc2)-c2ccccc2C12c1ccccc1-c1ccccc12. The molecule has 1 heteroatoms. The summed E-state index contributed by atoms with van der Waals surface area (Å²) in [6.45, 7) is 4.89. The molecule has 1 nitrogen and oxygen atoms in total. The lowest BCUT2D eigenvalue weighted by atomic mass is 9.69. The molecule has 3 aliphatic carbocycles. The van der Waals surface area contributed by atoms with Crippen molar-refractivity contribution in [2.75, 3.05) is 4.90 Å². The van der Waals surface area contributed by atoms with Crippen molar-refractivity contribution in [3.63, 3.8) is 0 Å². The Labute approximate surface area is 381 Å². The van der Waals surface area contributed by atoms with Crippen molar-refractivity contribution in [3.05, 3.63) is 270 Å². The van der Waals surface area contributed by atoms with E-state index in [-0.39, 0.29) is 5.41 Å². The molecule has 0 aliphatic heterocycles. The smallest absolute Gasteiger partial charge is 0.0725 e. The molecule has 10 aromatic carbocycles. The second-order valence-corrected chi connectivity index (χ2v) is 18.4. The van der Waals surface area contributed by atoms with E-state index >= 15 is 0 Å². The maximum absolute atomic E-state index is 2.62. The Kier molecular flexibility index (Phi) is 8.24. The first-order valence-electron chi connectivity index (χ1n) is 22.8. The molecule has 0 N–H and O–H groups in total. The molecule has 0 heterocycles. The van der Waals surface area contributed by atoms with Gasteiger partial charge in [-0.25, -0.2) is 0 Å². The van der Waals surface area contributed by atoms with Crippen molar-refractivity contribution >= 4 is 17.1 Å². The zero-order valence-corrected chi connectivity index (χ0v) is 36.5. The van der Waals surface area contributed by atoms with Crippen LogP contribution < -0.4 is 4.90 Å². The Morgan fingerprint density at radius 2 is 0.662 bits per heavy atom. The van der Waals surface area contributed by atoms with Gasteiger partial charge < -0.3 is 4.90 Å². The predicted molar refractivity (Wildman–Crippen MR) is 271 cm³/mol. The van der Waals surface area contributed by atoms with Crippen LogP contribution in [-0.4, -0.2) is 0 Å². The summed E-state index contributed by atoms with van der Waals surface area (Å²) in [6.07, 6.45) is 0. The van der Waals surface area contributed by atoms with Gasteiger partial charge in [-0.05, 0) is 137 Å². The molecule has 0 bridgehead atoms. The average Bonchev–Trinajstić information content (AvgIpc) is 3.93. The van der Waals surface area contributed by atoms with E-state index in [4.69, 9.17) is 0 Å². The lowest BCUT2D eigenvalue weighted by Crippen LogP contribution is -2.26. The third kappa shape index (κ3) is 5.39. The first-order chi connectivity index (χ1) is 32.0. The molecule has 1 spiro atoms. The second-order valence-electron chi connectivity index (χ2n) is 18.4. The van der Waals surface area contributed by atoms with Gasteiger partial charge in [0.25, 0.3) is 0 Å². The summed E-state index contributed by atoms with van der Waals surface area (Å²) in [5, 5.41) is 0. The molecule has 0 radical (unpaired) electrons. The van der Waals surface area contributed by atoms with Crippen molar-refractivity contribution in [2.45, 2.75) is 24.7 Å². The van der Waals surface area contributed by atoms with Crippen molar-refractivity contribution < 1.29 is 0 Å². The highest BCUT2D eigenvalue weighted by molar-refractivity contribution is 6.07. The van der Waals surface area contributed by atoms with Crippen LogP contribution >= 0.6 is 0 Å². The highest BCUT2D eigenvalue weighted by atomic mass is 15.1. The van der Waals surface area contributed by atoms with Gasteiger partial charge in [-0.15, -0.1) is 0 Å². The molecule has 0 amide bonds. The molecule has 13 rings (SSSR count). The van der Waals surface area contributed by atoms with Crippen LogP contribution in [0, 0.1) is 0 Å². The van der Waals surface area contributed by atoms with Crippen molar-refractivity contribution in [3.8, 4) is 66.8 Å². The minimum Gasteiger partial charge on any atom is -0.310 e. The van der Waals surface area contributed by atoms with Crippen LogP contribution in [-0.2, 0) is 10.8 Å². The Bertz CT molecular complexity index is 3430. The maximum atomic E-state index is 2.62. The predicted octanol–water partition coefficient (Wildman–Crippen LogP) is 16.8. The normalized spacial score (nSPS) is 13.9. The highest BCUT2D eigenvalue weighted by Gasteiger charge is 2.54. The Morgan fingerprint density at radius 1 is 0.262 bits per heavy atom. The van der Waals surface area contributed by atoms with Crippen LogP contribution in [0.15, 0.2) is 237 Å². The number of nitrogens with zero attached hydrogens (tertiary/aromatic N) is 1. The van der Waals surface area contributed by atoms with E-state index in [1.807, 2.05) is 0 Å². The molecule has 10 aromatic rings. The van der Waals surface area contributed by atoms with E-state index in [0.29, 0.717) is 0 Å². The summed E-state index contributed by atoms with van der Waals surface area (Å²) in [7, 11) is 0. The Hall–Kier alpha value is -8.00. The fourth-order valence-electron chi connectivity index (χ4n) is 11.8. The summed E-state index contributed by atoms with van der Waals surface area (Å²) in [5.41, 5.74) is 26.3. The molecule has 0 saturated carbocycles. The Morgan fingerprint density at radius 3 is 1.25 bits per heavy atom. The summed E-state index contributed by atoms with van der Waals surface area (Å²) in [4.78, 5) is 2.41. The van der Waals surface area contributed by atoms with Crippen LogP contribution in [0.1, 0.15) is 47.2 Å². The van der Waals surface area contributed by atoms with Crippen LogP contribution in [0.2, 0.25) is 0 Å². The summed E-state index contributed by atoms with van der Waals surface area (Å²) < 4.78 is 0. The third-order valence-electron chi connectivity index (χ3n) is 14.7. The topological polar surface area (TPSA) is 3.24 Å². The average molecular weight is 828 g/mol. The summed E-state index contributed by atoms with van der Waals surface area (Å²) in [6, 6.07) is 87.9. The molecule has 0 aromatic heterocycles. The number of benzene rings is 10. The number of hydrogen-bond donors (Lipinski definition) is 0. The molecule has 0 saturated heterocycles. The monoisotopic (exact) mass is 827 g/mol. The molecule has 0 fully saturated rings. The number of anilines is 3. The van der Waals surface area contributed by atoms with E-state index in [0.717, 1.165) is 17.1 Å². The minimum absolute atomic E-state index is 0.301. The van der Waals surface area contributed by atoms with Gasteiger partial charge in [-0.1, -0.05) is 214 Å². The summed E-state index contributed by atoms with van der Waals surface area (Å²) in [5.74, 6) is 0. The van der Waals surface area contributed by atoms with E-state index < -0.39 is 5.41 Å². The number of fused-ring (bicyclic) bond motifs is 13. The Balaban J connectivity index is 0.990. The van der Waals surface area contributed by atoms with Gasteiger partial charge in [-0.2, -0.15) is 0 Å². The highest BCUT2D eigenvalue weighted by Crippen LogP contribution is 2.67. The van der Waals surface area contributed by atoms with E-state index in [1.54, 1.807) is 0 Å². The van der Waals surface area contributed by atoms with Gasteiger partial charge in [0.05, 0.1) is 5.41 Å². The molecule has 0 atom stereocenters. The fourth-order valence-corrected chi connectivity index (χ4v) is 11.8. The zero-order chi connectivity index (χ0) is 43.3. The summed E-state index contributed by atoms with van der Waals surface area (Å²) >= 11 is 0. The quantitative estimate of drug-likeness (QED) is 0.161. The van der Waals surface area contributed by atoms with Gasteiger partial charge in [-0.3, -0.25) is 0 Å². The molecule has 0 unspecified atom stereocenters. The van der Waals surface area contributed by atoms with E-state index in [1.165, 1.54) is 100 Å². The molecular formula is C64H45N. The van der Waals surface area contributed by atoms with E-state index in [9.17, 15) is 0 Å². The van der Waals surface area contributed by atoms with Crippen LogP contribution in [0.25, 0.3) is 66.8 Å². The lowest BCUT2D eigenvalue weighted by molar-refractivity contribution is 0.657. The van der Waals surface area contributed by atoms with Crippen LogP contribution in [0.3, 0.4) is 0 Å². The van der Waals surface area contributed by atoms with E-state index in [2.05, 4.69) is 255 Å². The number of hydrogen-bond acceptors (Lipinski definition) is 1. The van der Waals surface area contributed by atoms with Gasteiger partial charge in [0.1, 0.15) is 0 Å². The molecule has 3 aliphatic rings. The first-order valence-corrected chi connectivity index (χ1v) is 22.8. The van der Waals surface area contributed by atoms with Crippen molar-refractivity contribution in [1.29, 1.82) is 0 Å². The van der Waals surface area contributed by atoms with Crippen LogP contribution in [0.4, 0.5) is 17.1 Å². The molecule has 306 valence electrons. The zero-order valence-electron chi connectivity index (χ0n) is 36.5. The van der Waals surface area contributed by atoms with Gasteiger partial charge >= 0.3 is 0 Å². The molecular weight excluding hydrogens is 783 g/mol. The van der Waals surface area contributed by atoms with Gasteiger partial charge in [0.2, 0.25) is 0 Å². The maximum Gasteiger partial charge on any atom is 0.0725 e. The van der Waals surface area contributed by atoms with Crippen molar-refractivity contribution in [1.82, 2.24) is 0 Å². The minimum atomic E-state index is -0.437.